The highest BCUT2D eigenvalue weighted by Crippen LogP contribution is 2.34. The number of para-hydroxylation sites is 1. The molecule has 2 aromatic rings. The Balaban J connectivity index is 2.23. The van der Waals surface area contributed by atoms with Crippen molar-refractivity contribution in [1.29, 1.82) is 0 Å². The number of anilines is 2. The summed E-state index contributed by atoms with van der Waals surface area (Å²) in [4.78, 5) is 24.9. The maximum Gasteiger partial charge on any atom is 0.268 e. The number of carbonyl (C=O) groups is 2. The summed E-state index contributed by atoms with van der Waals surface area (Å²) in [6, 6.07) is 7.45. The maximum atomic E-state index is 13.8. The van der Waals surface area contributed by atoms with Gasteiger partial charge in [0.1, 0.15) is 17.3 Å². The molecule has 2 N–H and O–H groups in total. The lowest BCUT2D eigenvalue weighted by molar-refractivity contribution is 0.0923. The van der Waals surface area contributed by atoms with Gasteiger partial charge in [0.25, 0.3) is 11.8 Å². The van der Waals surface area contributed by atoms with Crippen LogP contribution in [0, 0.1) is 11.6 Å². The van der Waals surface area contributed by atoms with Crippen molar-refractivity contribution >= 4 is 23.2 Å². The van der Waals surface area contributed by atoms with Gasteiger partial charge >= 0.3 is 0 Å². The fourth-order valence-corrected chi connectivity index (χ4v) is 2.22. The molecule has 6 heteroatoms. The summed E-state index contributed by atoms with van der Waals surface area (Å²) in [5, 5.41) is 0. The molecule has 0 spiro atoms. The number of fused-ring (bicyclic) bond motifs is 1. The van der Waals surface area contributed by atoms with Crippen molar-refractivity contribution < 1.29 is 18.4 Å². The molecular weight excluding hydrogens is 266 g/mol. The van der Waals surface area contributed by atoms with Crippen LogP contribution in [-0.2, 0) is 0 Å². The number of carbonyl (C=O) groups excluding carboxylic acids is 2. The number of hydrogen-bond acceptors (Lipinski definition) is 3. The lowest BCUT2D eigenvalue weighted by atomic mass is 10.1. The first-order valence-corrected chi connectivity index (χ1v) is 5.73. The molecule has 0 fully saturated rings. The van der Waals surface area contributed by atoms with E-state index < -0.39 is 29.1 Å². The fourth-order valence-electron chi connectivity index (χ4n) is 2.22. The van der Waals surface area contributed by atoms with Gasteiger partial charge in [-0.2, -0.15) is 0 Å². The molecular formula is C14H8F2N2O2. The second-order valence-corrected chi connectivity index (χ2v) is 4.29. The number of halogens is 2. The van der Waals surface area contributed by atoms with Gasteiger partial charge in [0.2, 0.25) is 0 Å². The number of benzene rings is 2. The highest BCUT2D eigenvalue weighted by atomic mass is 19.1. The Labute approximate surface area is 112 Å². The van der Waals surface area contributed by atoms with Crippen LogP contribution in [0.2, 0.25) is 0 Å². The molecule has 0 aliphatic carbocycles. The van der Waals surface area contributed by atoms with Crippen LogP contribution in [0.5, 0.6) is 0 Å². The first-order chi connectivity index (χ1) is 9.52. The Bertz CT molecular complexity index is 739. The van der Waals surface area contributed by atoms with E-state index >= 15 is 0 Å². The van der Waals surface area contributed by atoms with Crippen LogP contribution in [0.15, 0.2) is 36.4 Å². The lowest BCUT2D eigenvalue weighted by Crippen LogP contribution is -2.31. The Kier molecular flexibility index (Phi) is 2.53. The van der Waals surface area contributed by atoms with E-state index in [4.69, 9.17) is 5.73 Å². The Morgan fingerprint density at radius 3 is 2.10 bits per heavy atom. The Hall–Kier alpha value is -2.76. The summed E-state index contributed by atoms with van der Waals surface area (Å²) in [6.07, 6.45) is 0. The molecule has 0 saturated heterocycles. The zero-order valence-corrected chi connectivity index (χ0v) is 10.1. The molecule has 0 atom stereocenters. The van der Waals surface area contributed by atoms with Crippen LogP contribution in [0.4, 0.5) is 20.2 Å². The van der Waals surface area contributed by atoms with Crippen LogP contribution in [0.3, 0.4) is 0 Å². The molecule has 2 amide bonds. The normalized spacial score (nSPS) is 13.8. The van der Waals surface area contributed by atoms with Gasteiger partial charge in [0.05, 0.1) is 11.1 Å². The van der Waals surface area contributed by atoms with Gasteiger partial charge in [-0.25, -0.2) is 13.7 Å². The van der Waals surface area contributed by atoms with E-state index in [-0.39, 0.29) is 16.8 Å². The summed E-state index contributed by atoms with van der Waals surface area (Å²) < 4.78 is 27.5. The van der Waals surface area contributed by atoms with Crippen molar-refractivity contribution in [2.45, 2.75) is 0 Å². The lowest BCUT2D eigenvalue weighted by Gasteiger charge is -2.15. The Morgan fingerprint density at radius 1 is 0.900 bits per heavy atom. The molecule has 0 radical (unpaired) electrons. The van der Waals surface area contributed by atoms with Crippen molar-refractivity contribution in [1.82, 2.24) is 0 Å². The van der Waals surface area contributed by atoms with Crippen LogP contribution in [0.1, 0.15) is 20.7 Å². The van der Waals surface area contributed by atoms with Gasteiger partial charge in [-0.3, -0.25) is 9.59 Å². The number of hydrogen-bond donors (Lipinski definition) is 1. The second kappa shape index (κ2) is 4.12. The molecule has 2 aromatic carbocycles. The van der Waals surface area contributed by atoms with E-state index in [0.29, 0.717) is 4.90 Å². The fraction of sp³-hybridized carbons (Fsp3) is 0. The largest absolute Gasteiger partial charge is 0.398 e. The molecule has 100 valence electrons. The average molecular weight is 274 g/mol. The quantitative estimate of drug-likeness (QED) is 0.641. The predicted octanol–water partition coefficient (Wildman–Crippen LogP) is 2.35. The molecule has 0 saturated carbocycles. The standard InChI is InChI=1S/C14H8F2N2O2/c15-8-4-2-5-9(16)12(8)18-13(19)7-3-1-6-10(17)11(7)14(18)20/h1-6H,17H2. The molecule has 0 unspecified atom stereocenters. The van der Waals surface area contributed by atoms with Crippen molar-refractivity contribution in [3.05, 3.63) is 59.2 Å². The van der Waals surface area contributed by atoms with Crippen LogP contribution >= 0.6 is 0 Å². The van der Waals surface area contributed by atoms with Gasteiger partial charge < -0.3 is 5.73 Å². The van der Waals surface area contributed by atoms with Crippen LogP contribution in [-0.4, -0.2) is 11.8 Å². The summed E-state index contributed by atoms with van der Waals surface area (Å²) in [7, 11) is 0. The number of imide groups is 1. The maximum absolute atomic E-state index is 13.8. The van der Waals surface area contributed by atoms with Crippen LogP contribution in [0.25, 0.3) is 0 Å². The predicted molar refractivity (Wildman–Crippen MR) is 68.4 cm³/mol. The zero-order chi connectivity index (χ0) is 14.4. The minimum absolute atomic E-state index is 0.0276. The molecule has 0 aromatic heterocycles. The second-order valence-electron chi connectivity index (χ2n) is 4.29. The monoisotopic (exact) mass is 274 g/mol. The first kappa shape index (κ1) is 12.3. The van der Waals surface area contributed by atoms with E-state index in [0.717, 1.165) is 18.2 Å². The number of nitrogen functional groups attached to an aromatic ring is 1. The summed E-state index contributed by atoms with van der Waals surface area (Å²) in [5.74, 6) is -3.59. The minimum atomic E-state index is -0.988. The van der Waals surface area contributed by atoms with Gasteiger partial charge in [-0.05, 0) is 24.3 Å². The van der Waals surface area contributed by atoms with E-state index in [9.17, 15) is 18.4 Å². The highest BCUT2D eigenvalue weighted by molar-refractivity contribution is 6.36. The van der Waals surface area contributed by atoms with E-state index in [2.05, 4.69) is 0 Å². The molecule has 1 heterocycles. The van der Waals surface area contributed by atoms with Crippen molar-refractivity contribution in [2.24, 2.45) is 0 Å². The summed E-state index contributed by atoms with van der Waals surface area (Å²) in [5.41, 5.74) is 5.08. The molecule has 0 bridgehead atoms. The highest BCUT2D eigenvalue weighted by Gasteiger charge is 2.40. The van der Waals surface area contributed by atoms with E-state index in [1.165, 1.54) is 18.2 Å². The van der Waals surface area contributed by atoms with Crippen molar-refractivity contribution in [2.75, 3.05) is 10.6 Å². The van der Waals surface area contributed by atoms with E-state index in [1.54, 1.807) is 0 Å². The van der Waals surface area contributed by atoms with Gasteiger partial charge in [0.15, 0.2) is 0 Å². The number of nitrogens with two attached hydrogens (primary N) is 1. The van der Waals surface area contributed by atoms with Gasteiger partial charge in [-0.1, -0.05) is 12.1 Å². The Morgan fingerprint density at radius 2 is 1.50 bits per heavy atom. The van der Waals surface area contributed by atoms with E-state index in [1.807, 2.05) is 0 Å². The average Bonchev–Trinajstić information content (AvgIpc) is 2.65. The van der Waals surface area contributed by atoms with Gasteiger partial charge in [0, 0.05) is 5.69 Å². The molecule has 4 nitrogen and oxygen atoms in total. The zero-order valence-electron chi connectivity index (χ0n) is 10.1. The smallest absolute Gasteiger partial charge is 0.268 e. The first-order valence-electron chi connectivity index (χ1n) is 5.73. The van der Waals surface area contributed by atoms with Crippen molar-refractivity contribution in [3.8, 4) is 0 Å². The number of amides is 2. The molecule has 1 aliphatic heterocycles. The number of nitrogens with zero attached hydrogens (tertiary/aromatic N) is 1. The van der Waals surface area contributed by atoms with Crippen molar-refractivity contribution in [3.63, 3.8) is 0 Å². The SMILES string of the molecule is Nc1cccc2c1C(=O)N(c1c(F)cccc1F)C2=O. The number of rotatable bonds is 1. The summed E-state index contributed by atoms with van der Waals surface area (Å²) >= 11 is 0. The molecule has 20 heavy (non-hydrogen) atoms. The molecule has 3 rings (SSSR count). The third kappa shape index (κ3) is 1.51. The third-order valence-corrected chi connectivity index (χ3v) is 3.11. The van der Waals surface area contributed by atoms with Gasteiger partial charge in [-0.15, -0.1) is 0 Å². The minimum Gasteiger partial charge on any atom is -0.398 e. The summed E-state index contributed by atoms with van der Waals surface area (Å²) in [6.45, 7) is 0. The topological polar surface area (TPSA) is 63.4 Å². The van der Waals surface area contributed by atoms with Crippen LogP contribution < -0.4 is 10.6 Å². The molecule has 1 aliphatic rings. The third-order valence-electron chi connectivity index (χ3n) is 3.11.